The molecular formula is C21H19F3N6O3S. The number of nitrogens with one attached hydrogen (secondary N) is 1. The van der Waals surface area contributed by atoms with Crippen molar-refractivity contribution in [3.05, 3.63) is 58.6 Å². The van der Waals surface area contributed by atoms with Crippen LogP contribution in [0, 0.1) is 6.92 Å². The molecule has 4 rings (SSSR count). The van der Waals surface area contributed by atoms with Crippen LogP contribution in [0.25, 0.3) is 0 Å². The molecule has 1 saturated heterocycles. The monoisotopic (exact) mass is 492 g/mol. The number of aryl methyl sites for hydroxylation is 1. The second kappa shape index (κ2) is 9.63. The molecule has 0 atom stereocenters. The molecule has 2 amide bonds. The van der Waals surface area contributed by atoms with Crippen LogP contribution < -0.4 is 15.0 Å². The van der Waals surface area contributed by atoms with Gasteiger partial charge in [0.2, 0.25) is 5.88 Å². The lowest BCUT2D eigenvalue weighted by molar-refractivity contribution is -0.138. The van der Waals surface area contributed by atoms with Crippen LogP contribution in [0.5, 0.6) is 5.88 Å². The maximum Gasteiger partial charge on any atom is 0.420 e. The van der Waals surface area contributed by atoms with Gasteiger partial charge in [-0.25, -0.2) is 9.78 Å². The summed E-state index contributed by atoms with van der Waals surface area (Å²) in [7, 11) is 0. The fourth-order valence-corrected chi connectivity index (χ4v) is 4.05. The Morgan fingerprint density at radius 3 is 2.41 bits per heavy atom. The fourth-order valence-electron chi connectivity index (χ4n) is 3.38. The van der Waals surface area contributed by atoms with Crippen molar-refractivity contribution in [1.82, 2.24) is 20.1 Å². The van der Waals surface area contributed by atoms with E-state index in [9.17, 15) is 22.8 Å². The van der Waals surface area contributed by atoms with Crippen molar-refractivity contribution in [2.75, 3.05) is 36.4 Å². The summed E-state index contributed by atoms with van der Waals surface area (Å²) in [5, 5.41) is 12.6. The Labute approximate surface area is 196 Å². The molecule has 1 aliphatic heterocycles. The first-order valence-corrected chi connectivity index (χ1v) is 11.0. The van der Waals surface area contributed by atoms with Crippen LogP contribution in [-0.2, 0) is 6.18 Å². The molecule has 34 heavy (non-hydrogen) atoms. The van der Waals surface area contributed by atoms with Gasteiger partial charge in [-0.3, -0.25) is 10.1 Å². The standard InChI is InChI=1S/C21H19F3N6O3S/c1-13-12-34-19(25-13)26-20(32)33-17-7-6-16(27-28-17)29-8-10-30(11-9-29)18(31)14-4-2-3-5-15(14)21(22,23)24/h2-7,12H,8-11H2,1H3,(H,25,26,32). The summed E-state index contributed by atoms with van der Waals surface area (Å²) in [4.78, 5) is 32.0. The minimum Gasteiger partial charge on any atom is -0.389 e. The molecule has 2 aromatic heterocycles. The highest BCUT2D eigenvalue weighted by Gasteiger charge is 2.36. The summed E-state index contributed by atoms with van der Waals surface area (Å²) in [6.07, 6.45) is -5.36. The second-order valence-electron chi connectivity index (χ2n) is 7.36. The Bertz CT molecular complexity index is 1180. The molecule has 1 N–H and O–H groups in total. The summed E-state index contributed by atoms with van der Waals surface area (Å²) in [6.45, 7) is 2.97. The first-order chi connectivity index (χ1) is 16.2. The van der Waals surface area contributed by atoms with E-state index in [1.807, 2.05) is 4.90 Å². The number of nitrogens with zero attached hydrogens (tertiary/aromatic N) is 5. The summed E-state index contributed by atoms with van der Waals surface area (Å²) < 4.78 is 44.8. The van der Waals surface area contributed by atoms with E-state index in [4.69, 9.17) is 4.74 Å². The van der Waals surface area contributed by atoms with Crippen LogP contribution in [0.15, 0.2) is 41.8 Å². The summed E-state index contributed by atoms with van der Waals surface area (Å²) in [5.74, 6) is -0.179. The van der Waals surface area contributed by atoms with Gasteiger partial charge in [0.15, 0.2) is 10.9 Å². The Hall–Kier alpha value is -3.74. The number of piperazine rings is 1. The van der Waals surface area contributed by atoms with Gasteiger partial charge in [0.25, 0.3) is 5.91 Å². The van der Waals surface area contributed by atoms with Gasteiger partial charge in [0, 0.05) is 37.6 Å². The molecule has 1 fully saturated rings. The largest absolute Gasteiger partial charge is 0.420 e. The highest BCUT2D eigenvalue weighted by Crippen LogP contribution is 2.32. The average molecular weight is 492 g/mol. The number of thiazole rings is 1. The Morgan fingerprint density at radius 1 is 1.06 bits per heavy atom. The van der Waals surface area contributed by atoms with E-state index in [-0.39, 0.29) is 24.5 Å². The zero-order chi connectivity index (χ0) is 24.3. The normalized spacial score (nSPS) is 14.1. The molecule has 0 bridgehead atoms. The van der Waals surface area contributed by atoms with Gasteiger partial charge in [0.05, 0.1) is 16.8 Å². The number of anilines is 2. The van der Waals surface area contributed by atoms with Crippen LogP contribution in [0.1, 0.15) is 21.6 Å². The molecular weight excluding hydrogens is 473 g/mol. The molecule has 3 aromatic rings. The molecule has 1 aliphatic rings. The highest BCUT2D eigenvalue weighted by atomic mass is 32.1. The van der Waals surface area contributed by atoms with Crippen LogP contribution in [0.2, 0.25) is 0 Å². The van der Waals surface area contributed by atoms with Gasteiger partial charge >= 0.3 is 12.3 Å². The molecule has 0 saturated carbocycles. The lowest BCUT2D eigenvalue weighted by Gasteiger charge is -2.35. The van der Waals surface area contributed by atoms with Crippen molar-refractivity contribution in [3.8, 4) is 5.88 Å². The van der Waals surface area contributed by atoms with E-state index >= 15 is 0 Å². The molecule has 13 heteroatoms. The maximum atomic E-state index is 13.2. The SMILES string of the molecule is Cc1csc(NC(=O)Oc2ccc(N3CCN(C(=O)c4ccccc4C(F)(F)F)CC3)nn2)n1. The zero-order valence-corrected chi connectivity index (χ0v) is 18.7. The minimum atomic E-state index is -4.61. The Kier molecular flexibility index (Phi) is 6.63. The summed E-state index contributed by atoms with van der Waals surface area (Å²) in [5.41, 5.74) is -0.537. The van der Waals surface area contributed by atoms with Gasteiger partial charge in [-0.2, -0.15) is 13.2 Å². The van der Waals surface area contributed by atoms with Crippen molar-refractivity contribution >= 4 is 34.3 Å². The van der Waals surface area contributed by atoms with Crippen LogP contribution in [0.3, 0.4) is 0 Å². The number of rotatable bonds is 4. The number of hydrogen-bond acceptors (Lipinski definition) is 8. The number of ether oxygens (including phenoxy) is 1. The highest BCUT2D eigenvalue weighted by molar-refractivity contribution is 7.13. The van der Waals surface area contributed by atoms with Crippen LogP contribution in [0.4, 0.5) is 28.9 Å². The van der Waals surface area contributed by atoms with Crippen molar-refractivity contribution in [2.45, 2.75) is 13.1 Å². The van der Waals surface area contributed by atoms with Crippen molar-refractivity contribution < 1.29 is 27.5 Å². The van der Waals surface area contributed by atoms with Crippen molar-refractivity contribution in [2.24, 2.45) is 0 Å². The van der Waals surface area contributed by atoms with Gasteiger partial charge < -0.3 is 14.5 Å². The van der Waals surface area contributed by atoms with E-state index in [1.165, 1.54) is 40.5 Å². The van der Waals surface area contributed by atoms with Gasteiger partial charge in [-0.05, 0) is 25.1 Å². The molecule has 0 spiro atoms. The van der Waals surface area contributed by atoms with Crippen LogP contribution in [-0.4, -0.2) is 58.3 Å². The molecule has 3 heterocycles. The van der Waals surface area contributed by atoms with Crippen molar-refractivity contribution in [1.29, 1.82) is 0 Å². The third-order valence-electron chi connectivity index (χ3n) is 5.01. The van der Waals surface area contributed by atoms with Gasteiger partial charge in [-0.1, -0.05) is 12.1 Å². The predicted molar refractivity (Wildman–Crippen MR) is 118 cm³/mol. The zero-order valence-electron chi connectivity index (χ0n) is 17.9. The number of carbonyl (C=O) groups excluding carboxylic acids is 2. The molecule has 178 valence electrons. The molecule has 9 nitrogen and oxygen atoms in total. The first kappa shape index (κ1) is 23.4. The second-order valence-corrected chi connectivity index (χ2v) is 8.22. The quantitative estimate of drug-likeness (QED) is 0.591. The average Bonchev–Trinajstić information content (AvgIpc) is 3.23. The molecule has 0 unspecified atom stereocenters. The number of amides is 2. The maximum absolute atomic E-state index is 13.2. The topological polar surface area (TPSA) is 101 Å². The summed E-state index contributed by atoms with van der Waals surface area (Å²) in [6, 6.07) is 7.85. The number of aromatic nitrogens is 3. The third kappa shape index (κ3) is 5.42. The molecule has 0 aliphatic carbocycles. The molecule has 1 aromatic carbocycles. The number of hydrogen-bond donors (Lipinski definition) is 1. The van der Waals surface area contributed by atoms with E-state index in [2.05, 4.69) is 20.5 Å². The van der Waals surface area contributed by atoms with E-state index in [0.717, 1.165) is 11.8 Å². The minimum absolute atomic E-state index is 0.00732. The van der Waals surface area contributed by atoms with E-state index in [0.29, 0.717) is 24.0 Å². The summed E-state index contributed by atoms with van der Waals surface area (Å²) >= 11 is 1.26. The Morgan fingerprint density at radius 2 is 1.79 bits per heavy atom. The number of benzene rings is 1. The number of carbonyl (C=O) groups is 2. The van der Waals surface area contributed by atoms with E-state index < -0.39 is 23.7 Å². The Balaban J connectivity index is 1.33. The first-order valence-electron chi connectivity index (χ1n) is 10.2. The van der Waals surface area contributed by atoms with E-state index in [1.54, 1.807) is 18.4 Å². The number of halogens is 3. The fraction of sp³-hybridized carbons (Fsp3) is 0.286. The van der Waals surface area contributed by atoms with Crippen LogP contribution >= 0.6 is 11.3 Å². The van der Waals surface area contributed by atoms with Gasteiger partial charge in [-0.15, -0.1) is 21.5 Å². The molecule has 0 radical (unpaired) electrons. The lowest BCUT2D eigenvalue weighted by Crippen LogP contribution is -2.49. The number of alkyl halides is 3. The lowest BCUT2D eigenvalue weighted by atomic mass is 10.1. The smallest absolute Gasteiger partial charge is 0.389 e. The van der Waals surface area contributed by atoms with Crippen molar-refractivity contribution in [3.63, 3.8) is 0 Å². The predicted octanol–water partition coefficient (Wildman–Crippen LogP) is 3.83. The van der Waals surface area contributed by atoms with Gasteiger partial charge in [0.1, 0.15) is 0 Å². The third-order valence-corrected chi connectivity index (χ3v) is 5.88.